The first-order valence-corrected chi connectivity index (χ1v) is 10.9. The Labute approximate surface area is 161 Å². The van der Waals surface area contributed by atoms with Crippen LogP contribution in [0.5, 0.6) is 0 Å². The fourth-order valence-electron chi connectivity index (χ4n) is 3.18. The third-order valence-corrected chi connectivity index (χ3v) is 6.65. The van der Waals surface area contributed by atoms with Gasteiger partial charge in [-0.2, -0.15) is 0 Å². The van der Waals surface area contributed by atoms with Gasteiger partial charge in [0.05, 0.1) is 17.1 Å². The van der Waals surface area contributed by atoms with Crippen LogP contribution >= 0.6 is 0 Å². The Bertz CT molecular complexity index is 774. The molecule has 0 N–H and O–H groups in total. The van der Waals surface area contributed by atoms with Crippen molar-refractivity contribution in [2.24, 2.45) is 0 Å². The minimum Gasteiger partial charge on any atom is -0.452 e. The van der Waals surface area contributed by atoms with E-state index in [4.69, 9.17) is 4.74 Å². The van der Waals surface area contributed by atoms with Gasteiger partial charge in [-0.25, -0.2) is 13.2 Å². The summed E-state index contributed by atoms with van der Waals surface area (Å²) in [4.78, 5) is 28.4. The van der Waals surface area contributed by atoms with Crippen molar-refractivity contribution in [1.82, 2.24) is 4.90 Å². The van der Waals surface area contributed by atoms with Crippen LogP contribution in [0.2, 0.25) is 0 Å². The van der Waals surface area contributed by atoms with Crippen LogP contribution in [0, 0.1) is 0 Å². The monoisotopic (exact) mass is 396 g/mol. The number of carbonyl (C=O) groups excluding carboxylic acids is 2. The number of benzene rings is 1. The fraction of sp³-hybridized carbons (Fsp3) is 0.579. The van der Waals surface area contributed by atoms with Crippen molar-refractivity contribution in [2.75, 3.05) is 37.1 Å². The number of nitrogens with zero attached hydrogens (tertiary/aromatic N) is 2. The number of rotatable bonds is 7. The third kappa shape index (κ3) is 5.45. The molecule has 1 aromatic rings. The van der Waals surface area contributed by atoms with Gasteiger partial charge in [-0.1, -0.05) is 6.92 Å². The molecule has 7 nitrogen and oxygen atoms in total. The summed E-state index contributed by atoms with van der Waals surface area (Å²) < 4.78 is 28.7. The number of hydrogen-bond donors (Lipinski definition) is 0. The molecule has 1 fully saturated rings. The second-order valence-electron chi connectivity index (χ2n) is 7.13. The van der Waals surface area contributed by atoms with E-state index in [1.807, 2.05) is 32.8 Å². The average molecular weight is 397 g/mol. The molecule has 0 unspecified atom stereocenters. The number of anilines is 1. The molecule has 0 aromatic heterocycles. The van der Waals surface area contributed by atoms with E-state index in [2.05, 4.69) is 0 Å². The van der Waals surface area contributed by atoms with Gasteiger partial charge in [-0.15, -0.1) is 0 Å². The molecule has 0 radical (unpaired) electrons. The van der Waals surface area contributed by atoms with Gasteiger partial charge in [-0.3, -0.25) is 4.79 Å². The molecule has 8 heteroatoms. The summed E-state index contributed by atoms with van der Waals surface area (Å²) >= 11 is 0. The highest BCUT2D eigenvalue weighted by molar-refractivity contribution is 7.91. The maximum Gasteiger partial charge on any atom is 0.338 e. The molecule has 150 valence electrons. The Morgan fingerprint density at radius 1 is 1.22 bits per heavy atom. The Hall–Kier alpha value is -2.09. The van der Waals surface area contributed by atoms with E-state index in [9.17, 15) is 18.0 Å². The molecule has 2 atom stereocenters. The zero-order valence-electron chi connectivity index (χ0n) is 16.3. The standard InChI is InChI=1S/C19H28N2O5S/c1-5-14(2)21(17-10-11-27(24,25)13-17)18(22)12-26-19(23)15-6-8-16(9-7-15)20(3)4/h6-9,14,17H,5,10-13H2,1-4H3/t14-,17-/m1/s1. The molecular formula is C19H28N2O5S. The van der Waals surface area contributed by atoms with Gasteiger partial charge in [0, 0.05) is 31.9 Å². The van der Waals surface area contributed by atoms with E-state index in [0.717, 1.165) is 5.69 Å². The van der Waals surface area contributed by atoms with Gasteiger partial charge in [0.15, 0.2) is 16.4 Å². The molecule has 1 aliphatic rings. The molecule has 1 aromatic carbocycles. The second kappa shape index (κ2) is 8.73. The van der Waals surface area contributed by atoms with E-state index in [1.165, 1.54) is 0 Å². The lowest BCUT2D eigenvalue weighted by molar-refractivity contribution is -0.138. The van der Waals surface area contributed by atoms with E-state index in [1.54, 1.807) is 29.2 Å². The summed E-state index contributed by atoms with van der Waals surface area (Å²) in [5.74, 6) is -0.861. The average Bonchev–Trinajstić information content (AvgIpc) is 2.99. The number of amides is 1. The van der Waals surface area contributed by atoms with E-state index < -0.39 is 22.4 Å². The predicted molar refractivity (Wildman–Crippen MR) is 105 cm³/mol. The molecule has 0 saturated carbocycles. The highest BCUT2D eigenvalue weighted by atomic mass is 32.2. The predicted octanol–water partition coefficient (Wildman–Crippen LogP) is 1.72. The van der Waals surface area contributed by atoms with E-state index >= 15 is 0 Å². The first kappa shape index (κ1) is 21.2. The first-order valence-electron chi connectivity index (χ1n) is 9.10. The van der Waals surface area contributed by atoms with Gasteiger partial charge >= 0.3 is 5.97 Å². The molecule has 0 bridgehead atoms. The van der Waals surface area contributed by atoms with Gasteiger partial charge in [0.25, 0.3) is 5.91 Å². The summed E-state index contributed by atoms with van der Waals surface area (Å²) in [6.07, 6.45) is 1.13. The van der Waals surface area contributed by atoms with Crippen molar-refractivity contribution in [3.8, 4) is 0 Å². The van der Waals surface area contributed by atoms with Crippen LogP contribution in [-0.4, -0.2) is 69.5 Å². The topological polar surface area (TPSA) is 84.0 Å². The van der Waals surface area contributed by atoms with Gasteiger partial charge in [-0.05, 0) is 44.0 Å². The molecule has 1 amide bonds. The summed E-state index contributed by atoms with van der Waals surface area (Å²) in [5, 5.41) is 0. The zero-order chi connectivity index (χ0) is 20.2. The van der Waals surface area contributed by atoms with Crippen molar-refractivity contribution >= 4 is 27.4 Å². The van der Waals surface area contributed by atoms with Gasteiger partial charge in [0.2, 0.25) is 0 Å². The van der Waals surface area contributed by atoms with Crippen molar-refractivity contribution in [1.29, 1.82) is 0 Å². The van der Waals surface area contributed by atoms with Crippen LogP contribution in [-0.2, 0) is 19.4 Å². The Kier molecular flexibility index (Phi) is 6.86. The molecule has 1 heterocycles. The molecule has 1 aliphatic heterocycles. The minimum absolute atomic E-state index is 0.0248. The zero-order valence-corrected chi connectivity index (χ0v) is 17.2. The van der Waals surface area contributed by atoms with Crippen molar-refractivity contribution in [3.05, 3.63) is 29.8 Å². The van der Waals surface area contributed by atoms with Crippen LogP contribution in [0.25, 0.3) is 0 Å². The molecular weight excluding hydrogens is 368 g/mol. The van der Waals surface area contributed by atoms with Crippen LogP contribution in [0.3, 0.4) is 0 Å². The summed E-state index contributed by atoms with van der Waals surface area (Å²) in [7, 11) is 0.696. The SMILES string of the molecule is CC[C@@H](C)N(C(=O)COC(=O)c1ccc(N(C)C)cc1)[C@@H]1CCS(=O)(=O)C1. The molecule has 1 saturated heterocycles. The van der Waals surface area contributed by atoms with Crippen LogP contribution in [0.1, 0.15) is 37.0 Å². The smallest absolute Gasteiger partial charge is 0.338 e. The summed E-state index contributed by atoms with van der Waals surface area (Å²) in [5.41, 5.74) is 1.32. The minimum atomic E-state index is -3.11. The van der Waals surface area contributed by atoms with E-state index in [0.29, 0.717) is 18.4 Å². The number of sulfone groups is 1. The van der Waals surface area contributed by atoms with Crippen LogP contribution < -0.4 is 4.90 Å². The largest absolute Gasteiger partial charge is 0.452 e. The summed E-state index contributed by atoms with van der Waals surface area (Å²) in [6.45, 7) is 3.42. The number of carbonyl (C=O) groups is 2. The third-order valence-electron chi connectivity index (χ3n) is 4.90. The highest BCUT2D eigenvalue weighted by Crippen LogP contribution is 2.21. The number of esters is 1. The summed E-state index contributed by atoms with van der Waals surface area (Å²) in [6, 6.07) is 6.43. The Morgan fingerprint density at radius 3 is 2.33 bits per heavy atom. The quantitative estimate of drug-likeness (QED) is 0.653. The fourth-order valence-corrected chi connectivity index (χ4v) is 4.89. The molecule has 27 heavy (non-hydrogen) atoms. The van der Waals surface area contributed by atoms with E-state index in [-0.39, 0.29) is 29.5 Å². The Balaban J connectivity index is 2.01. The van der Waals surface area contributed by atoms with Crippen LogP contribution in [0.15, 0.2) is 24.3 Å². The normalized spacial score (nSPS) is 19.3. The second-order valence-corrected chi connectivity index (χ2v) is 9.36. The first-order chi connectivity index (χ1) is 12.6. The molecule has 0 aliphatic carbocycles. The Morgan fingerprint density at radius 2 is 1.85 bits per heavy atom. The van der Waals surface area contributed by atoms with Crippen molar-refractivity contribution in [3.63, 3.8) is 0 Å². The molecule has 0 spiro atoms. The lowest BCUT2D eigenvalue weighted by Crippen LogP contribution is -2.48. The molecule has 2 rings (SSSR count). The van der Waals surface area contributed by atoms with Gasteiger partial charge in [0.1, 0.15) is 0 Å². The lowest BCUT2D eigenvalue weighted by atomic mass is 10.1. The van der Waals surface area contributed by atoms with Crippen molar-refractivity contribution < 1.29 is 22.7 Å². The lowest BCUT2D eigenvalue weighted by Gasteiger charge is -2.33. The van der Waals surface area contributed by atoms with Crippen molar-refractivity contribution in [2.45, 2.75) is 38.8 Å². The number of hydrogen-bond acceptors (Lipinski definition) is 6. The maximum atomic E-state index is 12.7. The van der Waals surface area contributed by atoms with Gasteiger partial charge < -0.3 is 14.5 Å². The highest BCUT2D eigenvalue weighted by Gasteiger charge is 2.36. The van der Waals surface area contributed by atoms with Crippen LogP contribution in [0.4, 0.5) is 5.69 Å². The number of ether oxygens (including phenoxy) is 1. The maximum absolute atomic E-state index is 12.7.